The summed E-state index contributed by atoms with van der Waals surface area (Å²) in [6.07, 6.45) is 3.52. The first-order valence-corrected chi connectivity index (χ1v) is 8.11. The van der Waals surface area contributed by atoms with E-state index in [0.29, 0.717) is 12.1 Å². The van der Waals surface area contributed by atoms with Gasteiger partial charge in [-0.05, 0) is 44.9 Å². The molecule has 2 nitrogen and oxygen atoms in total. The lowest BCUT2D eigenvalue weighted by Gasteiger charge is -2.22. The molecule has 0 heterocycles. The summed E-state index contributed by atoms with van der Waals surface area (Å²) in [7, 11) is 0. The fraction of sp³-hybridized carbons (Fsp3) is 0.625. The van der Waals surface area contributed by atoms with Crippen molar-refractivity contribution >= 4 is 15.9 Å². The number of halogens is 1. The summed E-state index contributed by atoms with van der Waals surface area (Å²) in [4.78, 5) is 0. The Hall–Kier alpha value is -0.540. The molecule has 1 aromatic rings. The van der Waals surface area contributed by atoms with Gasteiger partial charge in [0.1, 0.15) is 5.75 Å². The molecule has 0 saturated carbocycles. The Bertz CT molecular complexity index is 377. The lowest BCUT2D eigenvalue weighted by atomic mass is 10.1. The van der Waals surface area contributed by atoms with Crippen molar-refractivity contribution < 1.29 is 4.74 Å². The third-order valence-corrected chi connectivity index (χ3v) is 3.84. The zero-order valence-electron chi connectivity index (χ0n) is 12.5. The minimum absolute atomic E-state index is 0.298. The van der Waals surface area contributed by atoms with Gasteiger partial charge in [-0.25, -0.2) is 0 Å². The number of rotatable bonds is 8. The van der Waals surface area contributed by atoms with Crippen molar-refractivity contribution in [3.63, 3.8) is 0 Å². The SMILES string of the molecule is CCCNC(C)c1ccc(Br)cc1OC(CC)CC. The van der Waals surface area contributed by atoms with Gasteiger partial charge in [0.05, 0.1) is 6.10 Å². The molecule has 108 valence electrons. The largest absolute Gasteiger partial charge is 0.490 e. The molecule has 1 rings (SSSR count). The second-order valence-electron chi connectivity index (χ2n) is 4.91. The number of hydrogen-bond acceptors (Lipinski definition) is 2. The van der Waals surface area contributed by atoms with Gasteiger partial charge in [-0.3, -0.25) is 0 Å². The van der Waals surface area contributed by atoms with E-state index >= 15 is 0 Å². The molecule has 0 radical (unpaired) electrons. The lowest BCUT2D eigenvalue weighted by molar-refractivity contribution is 0.189. The standard InChI is InChI=1S/C16H26BrNO/c1-5-10-18-12(4)15-9-8-13(17)11-16(15)19-14(6-2)7-3/h8-9,11-12,14,18H,5-7,10H2,1-4H3. The number of ether oxygens (including phenoxy) is 1. The highest BCUT2D eigenvalue weighted by molar-refractivity contribution is 9.10. The van der Waals surface area contributed by atoms with Crippen LogP contribution in [0.15, 0.2) is 22.7 Å². The zero-order chi connectivity index (χ0) is 14.3. The second kappa shape index (κ2) is 8.60. The highest BCUT2D eigenvalue weighted by atomic mass is 79.9. The van der Waals surface area contributed by atoms with E-state index < -0.39 is 0 Å². The van der Waals surface area contributed by atoms with Crippen LogP contribution in [0.25, 0.3) is 0 Å². The number of hydrogen-bond donors (Lipinski definition) is 1. The minimum atomic E-state index is 0.298. The van der Waals surface area contributed by atoms with E-state index in [2.05, 4.69) is 67.1 Å². The van der Waals surface area contributed by atoms with Crippen LogP contribution < -0.4 is 10.1 Å². The first kappa shape index (κ1) is 16.5. The van der Waals surface area contributed by atoms with Gasteiger partial charge in [-0.2, -0.15) is 0 Å². The Morgan fingerprint density at radius 1 is 1.21 bits per heavy atom. The number of benzene rings is 1. The Kier molecular flexibility index (Phi) is 7.47. The monoisotopic (exact) mass is 327 g/mol. The van der Waals surface area contributed by atoms with Crippen LogP contribution in [-0.4, -0.2) is 12.6 Å². The molecule has 1 N–H and O–H groups in total. The van der Waals surface area contributed by atoms with Gasteiger partial charge in [0, 0.05) is 16.1 Å². The second-order valence-corrected chi connectivity index (χ2v) is 5.83. The van der Waals surface area contributed by atoms with E-state index in [1.54, 1.807) is 0 Å². The van der Waals surface area contributed by atoms with Crippen molar-refractivity contribution in [2.75, 3.05) is 6.54 Å². The fourth-order valence-corrected chi connectivity index (χ4v) is 2.41. The maximum absolute atomic E-state index is 6.16. The van der Waals surface area contributed by atoms with Gasteiger partial charge < -0.3 is 10.1 Å². The predicted octanol–water partition coefficient (Wildman–Crippen LogP) is 5.08. The molecule has 3 heteroatoms. The predicted molar refractivity (Wildman–Crippen MR) is 85.8 cm³/mol. The summed E-state index contributed by atoms with van der Waals surface area (Å²) in [5, 5.41) is 3.52. The van der Waals surface area contributed by atoms with E-state index in [1.165, 1.54) is 5.56 Å². The Morgan fingerprint density at radius 3 is 2.47 bits per heavy atom. The average molecular weight is 328 g/mol. The molecular weight excluding hydrogens is 302 g/mol. The molecule has 0 bridgehead atoms. The Labute approximate surface area is 126 Å². The van der Waals surface area contributed by atoms with Crippen molar-refractivity contribution in [2.45, 2.75) is 59.1 Å². The molecule has 0 aliphatic carbocycles. The molecule has 1 aromatic carbocycles. The molecule has 0 fully saturated rings. The average Bonchev–Trinajstić information content (AvgIpc) is 2.42. The van der Waals surface area contributed by atoms with Crippen LogP contribution in [0.1, 0.15) is 58.6 Å². The van der Waals surface area contributed by atoms with Crippen LogP contribution >= 0.6 is 15.9 Å². The molecule has 1 atom stereocenters. The van der Waals surface area contributed by atoms with E-state index in [0.717, 1.165) is 36.0 Å². The van der Waals surface area contributed by atoms with Crippen molar-refractivity contribution in [3.8, 4) is 5.75 Å². The maximum atomic E-state index is 6.16. The first-order chi connectivity index (χ1) is 9.12. The topological polar surface area (TPSA) is 21.3 Å². The van der Waals surface area contributed by atoms with Crippen LogP contribution in [0, 0.1) is 0 Å². The van der Waals surface area contributed by atoms with Crippen molar-refractivity contribution in [1.29, 1.82) is 0 Å². The molecule has 0 aliphatic heterocycles. The Balaban J connectivity index is 2.90. The molecule has 0 saturated heterocycles. The normalized spacial score (nSPS) is 12.7. The van der Waals surface area contributed by atoms with Crippen LogP contribution in [0.4, 0.5) is 0 Å². The third-order valence-electron chi connectivity index (χ3n) is 3.35. The third kappa shape index (κ3) is 5.15. The summed E-state index contributed by atoms with van der Waals surface area (Å²) in [6.45, 7) is 9.75. The summed E-state index contributed by atoms with van der Waals surface area (Å²) >= 11 is 3.53. The van der Waals surface area contributed by atoms with E-state index in [-0.39, 0.29) is 0 Å². The van der Waals surface area contributed by atoms with Gasteiger partial charge in [-0.15, -0.1) is 0 Å². The van der Waals surface area contributed by atoms with Crippen LogP contribution in [0.2, 0.25) is 0 Å². The van der Waals surface area contributed by atoms with E-state index in [9.17, 15) is 0 Å². The van der Waals surface area contributed by atoms with Crippen LogP contribution in [0.3, 0.4) is 0 Å². The Morgan fingerprint density at radius 2 is 1.89 bits per heavy atom. The molecule has 0 spiro atoms. The number of nitrogens with one attached hydrogen (secondary N) is 1. The fourth-order valence-electron chi connectivity index (χ4n) is 2.07. The lowest BCUT2D eigenvalue weighted by Crippen LogP contribution is -2.21. The van der Waals surface area contributed by atoms with E-state index in [4.69, 9.17) is 4.74 Å². The van der Waals surface area contributed by atoms with Gasteiger partial charge in [0.15, 0.2) is 0 Å². The van der Waals surface area contributed by atoms with Crippen molar-refractivity contribution in [3.05, 3.63) is 28.2 Å². The highest BCUT2D eigenvalue weighted by Gasteiger charge is 2.14. The molecule has 0 amide bonds. The maximum Gasteiger partial charge on any atom is 0.125 e. The first-order valence-electron chi connectivity index (χ1n) is 7.31. The zero-order valence-corrected chi connectivity index (χ0v) is 14.1. The van der Waals surface area contributed by atoms with Crippen molar-refractivity contribution in [2.24, 2.45) is 0 Å². The summed E-state index contributed by atoms with van der Waals surface area (Å²) < 4.78 is 7.23. The smallest absolute Gasteiger partial charge is 0.125 e. The summed E-state index contributed by atoms with van der Waals surface area (Å²) in [6, 6.07) is 6.63. The summed E-state index contributed by atoms with van der Waals surface area (Å²) in [5.41, 5.74) is 1.24. The van der Waals surface area contributed by atoms with Crippen molar-refractivity contribution in [1.82, 2.24) is 5.32 Å². The van der Waals surface area contributed by atoms with Crippen LogP contribution in [-0.2, 0) is 0 Å². The van der Waals surface area contributed by atoms with Gasteiger partial charge >= 0.3 is 0 Å². The van der Waals surface area contributed by atoms with E-state index in [1.807, 2.05) is 0 Å². The quantitative estimate of drug-likeness (QED) is 0.719. The molecular formula is C16H26BrNO. The molecule has 1 unspecified atom stereocenters. The van der Waals surface area contributed by atoms with Gasteiger partial charge in [0.2, 0.25) is 0 Å². The summed E-state index contributed by atoms with van der Waals surface area (Å²) in [5.74, 6) is 0.999. The molecule has 0 aromatic heterocycles. The minimum Gasteiger partial charge on any atom is -0.490 e. The van der Waals surface area contributed by atoms with Crippen LogP contribution in [0.5, 0.6) is 5.75 Å². The highest BCUT2D eigenvalue weighted by Crippen LogP contribution is 2.30. The van der Waals surface area contributed by atoms with Gasteiger partial charge in [-0.1, -0.05) is 42.8 Å². The van der Waals surface area contributed by atoms with Gasteiger partial charge in [0.25, 0.3) is 0 Å². The molecule has 19 heavy (non-hydrogen) atoms. The molecule has 0 aliphatic rings.